The molecule has 7 nitrogen and oxygen atoms in total. The summed E-state index contributed by atoms with van der Waals surface area (Å²) in [5, 5.41) is 0. The summed E-state index contributed by atoms with van der Waals surface area (Å²) in [5.74, 6) is 0.462. The first kappa shape index (κ1) is 25.1. The second kappa shape index (κ2) is 11.0. The Bertz CT molecular complexity index is 1050. The second-order valence-corrected chi connectivity index (χ2v) is 10.5. The maximum absolute atomic E-state index is 13.1. The predicted molar refractivity (Wildman–Crippen MR) is 131 cm³/mol. The van der Waals surface area contributed by atoms with E-state index in [4.69, 9.17) is 4.74 Å². The Hall–Kier alpha value is -2.58. The van der Waals surface area contributed by atoms with E-state index in [0.29, 0.717) is 29.6 Å². The number of rotatable bonds is 9. The van der Waals surface area contributed by atoms with Crippen LogP contribution in [0.3, 0.4) is 0 Å². The van der Waals surface area contributed by atoms with Crippen LogP contribution in [0.2, 0.25) is 0 Å². The lowest BCUT2D eigenvalue weighted by Gasteiger charge is -2.32. The molecule has 1 N–H and O–H groups in total. The Morgan fingerprint density at radius 2 is 1.70 bits per heavy atom. The van der Waals surface area contributed by atoms with E-state index in [1.165, 1.54) is 44.2 Å². The molecule has 2 aromatic carbocycles. The number of methoxy groups -OCH3 is 1. The topological polar surface area (TPSA) is 78.9 Å². The Morgan fingerprint density at radius 1 is 1.03 bits per heavy atom. The lowest BCUT2D eigenvalue weighted by molar-refractivity contribution is 0.0766. The monoisotopic (exact) mass is 473 g/mol. The second-order valence-electron chi connectivity index (χ2n) is 8.81. The van der Waals surface area contributed by atoms with Gasteiger partial charge in [-0.2, -0.15) is 0 Å². The molecule has 0 unspecified atom stereocenters. The third-order valence-electron chi connectivity index (χ3n) is 6.42. The van der Waals surface area contributed by atoms with Gasteiger partial charge in [0.2, 0.25) is 0 Å². The molecule has 0 heterocycles. The summed E-state index contributed by atoms with van der Waals surface area (Å²) in [6.07, 6.45) is 6.29. The molecular weight excluding hydrogens is 438 g/mol. The molecule has 1 amide bonds. The van der Waals surface area contributed by atoms with E-state index < -0.39 is 10.0 Å². The van der Waals surface area contributed by atoms with Gasteiger partial charge in [-0.3, -0.25) is 9.52 Å². The predicted octanol–water partition coefficient (Wildman–Crippen LogP) is 4.14. The van der Waals surface area contributed by atoms with E-state index in [9.17, 15) is 13.2 Å². The Morgan fingerprint density at radius 3 is 2.33 bits per heavy atom. The van der Waals surface area contributed by atoms with Gasteiger partial charge in [0.05, 0.1) is 12.0 Å². The fraction of sp³-hybridized carbons (Fsp3) is 0.480. The van der Waals surface area contributed by atoms with Crippen molar-refractivity contribution in [2.75, 3.05) is 39.0 Å². The summed E-state index contributed by atoms with van der Waals surface area (Å²) < 4.78 is 33.5. The molecule has 1 aliphatic rings. The highest BCUT2D eigenvalue weighted by atomic mass is 32.2. The van der Waals surface area contributed by atoms with Crippen LogP contribution in [0.25, 0.3) is 0 Å². The first-order chi connectivity index (χ1) is 15.7. The van der Waals surface area contributed by atoms with Crippen molar-refractivity contribution >= 4 is 21.6 Å². The molecule has 0 aliphatic heterocycles. The van der Waals surface area contributed by atoms with Crippen molar-refractivity contribution in [3.8, 4) is 5.75 Å². The average molecular weight is 474 g/mol. The number of sulfonamides is 1. The molecule has 0 saturated heterocycles. The number of aryl methyl sites for hydroxylation is 1. The van der Waals surface area contributed by atoms with Gasteiger partial charge in [0, 0.05) is 37.4 Å². The van der Waals surface area contributed by atoms with Crippen molar-refractivity contribution in [3.63, 3.8) is 0 Å². The summed E-state index contributed by atoms with van der Waals surface area (Å²) in [5.41, 5.74) is 1.57. The molecular formula is C25H35N3O4S. The fourth-order valence-electron chi connectivity index (χ4n) is 4.19. The van der Waals surface area contributed by atoms with E-state index in [1.807, 2.05) is 6.92 Å². The third kappa shape index (κ3) is 6.48. The molecule has 3 rings (SSSR count). The number of carbonyl (C=O) groups is 1. The number of hydrogen-bond acceptors (Lipinski definition) is 5. The largest absolute Gasteiger partial charge is 0.497 e. The van der Waals surface area contributed by atoms with Gasteiger partial charge >= 0.3 is 0 Å². The van der Waals surface area contributed by atoms with Crippen molar-refractivity contribution in [2.24, 2.45) is 0 Å². The molecule has 0 aromatic heterocycles. The van der Waals surface area contributed by atoms with Gasteiger partial charge in [-0.05, 0) is 68.8 Å². The summed E-state index contributed by atoms with van der Waals surface area (Å²) in [7, 11) is 1.60. The van der Waals surface area contributed by atoms with Crippen LogP contribution in [0.5, 0.6) is 5.75 Å². The lowest BCUT2D eigenvalue weighted by atomic mass is 9.94. The Labute approximate surface area is 197 Å². The van der Waals surface area contributed by atoms with Gasteiger partial charge in [0.1, 0.15) is 5.75 Å². The number of anilines is 1. The zero-order chi connectivity index (χ0) is 24.0. The Balaban J connectivity index is 1.69. The number of amides is 1. The quantitative estimate of drug-likeness (QED) is 0.592. The van der Waals surface area contributed by atoms with Crippen LogP contribution in [0.15, 0.2) is 47.4 Å². The number of nitrogens with one attached hydrogen (secondary N) is 1. The van der Waals surface area contributed by atoms with Crippen LogP contribution in [0.4, 0.5) is 5.69 Å². The molecule has 8 heteroatoms. The summed E-state index contributed by atoms with van der Waals surface area (Å²) in [6.45, 7) is 3.21. The standard InChI is InChI=1S/C25H35N3O4S/c1-19-10-15-23(33(30,31)26-20-11-13-22(32-4)14-12-20)18-24(19)25(29)28(3)17-16-27(2)21-8-6-5-7-9-21/h10-15,18,21,26H,5-9,16-17H2,1-4H3. The van der Waals surface area contributed by atoms with E-state index in [2.05, 4.69) is 16.7 Å². The number of benzene rings is 2. The lowest BCUT2D eigenvalue weighted by Crippen LogP contribution is -2.40. The molecule has 0 atom stereocenters. The van der Waals surface area contributed by atoms with Crippen LogP contribution in [-0.2, 0) is 10.0 Å². The fourth-order valence-corrected chi connectivity index (χ4v) is 5.28. The number of ether oxygens (including phenoxy) is 1. The highest BCUT2D eigenvalue weighted by Gasteiger charge is 2.22. The first-order valence-electron chi connectivity index (χ1n) is 11.4. The van der Waals surface area contributed by atoms with Crippen LogP contribution in [-0.4, -0.2) is 64.5 Å². The maximum Gasteiger partial charge on any atom is 0.261 e. The van der Waals surface area contributed by atoms with Gasteiger partial charge in [0.15, 0.2) is 0 Å². The third-order valence-corrected chi connectivity index (χ3v) is 7.80. The molecule has 2 aromatic rings. The van der Waals surface area contributed by atoms with Gasteiger partial charge in [-0.25, -0.2) is 8.42 Å². The number of carbonyl (C=O) groups excluding carboxylic acids is 1. The molecule has 180 valence electrons. The minimum atomic E-state index is -3.84. The van der Waals surface area contributed by atoms with Gasteiger partial charge in [0.25, 0.3) is 15.9 Å². The van der Waals surface area contributed by atoms with Gasteiger partial charge in [-0.1, -0.05) is 25.3 Å². The van der Waals surface area contributed by atoms with Crippen molar-refractivity contribution in [1.82, 2.24) is 9.80 Å². The minimum absolute atomic E-state index is 0.0555. The SMILES string of the molecule is COc1ccc(NS(=O)(=O)c2ccc(C)c(C(=O)N(C)CCN(C)C3CCCCC3)c2)cc1. The van der Waals surface area contributed by atoms with Crippen LogP contribution >= 0.6 is 0 Å². The van der Waals surface area contributed by atoms with Gasteiger partial charge < -0.3 is 14.5 Å². The van der Waals surface area contributed by atoms with E-state index >= 15 is 0 Å². The van der Waals surface area contributed by atoms with Crippen molar-refractivity contribution in [3.05, 3.63) is 53.6 Å². The molecule has 1 saturated carbocycles. The van der Waals surface area contributed by atoms with Gasteiger partial charge in [-0.15, -0.1) is 0 Å². The average Bonchev–Trinajstić information content (AvgIpc) is 2.82. The highest BCUT2D eigenvalue weighted by Crippen LogP contribution is 2.23. The van der Waals surface area contributed by atoms with Crippen molar-refractivity contribution in [2.45, 2.75) is 50.0 Å². The smallest absolute Gasteiger partial charge is 0.261 e. The molecule has 1 fully saturated rings. The molecule has 0 spiro atoms. The first-order valence-corrected chi connectivity index (χ1v) is 12.9. The normalized spacial score (nSPS) is 14.8. The zero-order valence-corrected chi connectivity index (χ0v) is 20.8. The van der Waals surface area contributed by atoms with E-state index in [1.54, 1.807) is 49.4 Å². The highest BCUT2D eigenvalue weighted by molar-refractivity contribution is 7.92. The van der Waals surface area contributed by atoms with E-state index in [0.717, 1.165) is 12.1 Å². The summed E-state index contributed by atoms with van der Waals surface area (Å²) in [6, 6.07) is 11.9. The molecule has 33 heavy (non-hydrogen) atoms. The van der Waals surface area contributed by atoms with Crippen molar-refractivity contribution in [1.29, 1.82) is 0 Å². The van der Waals surface area contributed by atoms with Crippen LogP contribution in [0.1, 0.15) is 48.0 Å². The molecule has 0 radical (unpaired) electrons. The van der Waals surface area contributed by atoms with E-state index in [-0.39, 0.29) is 10.8 Å². The van der Waals surface area contributed by atoms with Crippen molar-refractivity contribution < 1.29 is 17.9 Å². The zero-order valence-electron chi connectivity index (χ0n) is 20.0. The minimum Gasteiger partial charge on any atom is -0.497 e. The maximum atomic E-state index is 13.1. The van der Waals surface area contributed by atoms with Crippen LogP contribution < -0.4 is 9.46 Å². The summed E-state index contributed by atoms with van der Waals surface area (Å²) >= 11 is 0. The number of nitrogens with zero attached hydrogens (tertiary/aromatic N) is 2. The molecule has 0 bridgehead atoms. The molecule has 1 aliphatic carbocycles. The number of likely N-dealkylation sites (N-methyl/N-ethyl adjacent to an activating group) is 2. The van der Waals surface area contributed by atoms with Crippen LogP contribution in [0, 0.1) is 6.92 Å². The Kier molecular flexibility index (Phi) is 8.37. The number of hydrogen-bond donors (Lipinski definition) is 1. The summed E-state index contributed by atoms with van der Waals surface area (Å²) in [4.78, 5) is 17.2.